The zero-order chi connectivity index (χ0) is 15.9. The maximum absolute atomic E-state index is 11.4. The van der Waals surface area contributed by atoms with E-state index in [1.165, 1.54) is 0 Å². The van der Waals surface area contributed by atoms with Gasteiger partial charge in [0.05, 0.1) is 14.2 Å². The Labute approximate surface area is 128 Å². The third-order valence-corrected chi connectivity index (χ3v) is 3.05. The molecule has 1 aromatic heterocycles. The molecule has 0 aliphatic rings. The van der Waals surface area contributed by atoms with Crippen LogP contribution in [-0.4, -0.2) is 36.8 Å². The Bertz CT molecular complexity index is 639. The first-order valence-corrected chi connectivity index (χ1v) is 6.99. The standard InChI is InChI=1S/C15H19N3O4/c1-4-16-13(19)7-8-14-17-15(18-22-14)10-5-6-11(20-2)12(9-10)21-3/h5-6,9H,4,7-8H2,1-3H3,(H,16,19). The summed E-state index contributed by atoms with van der Waals surface area (Å²) < 4.78 is 15.6. The van der Waals surface area contributed by atoms with Gasteiger partial charge in [-0.15, -0.1) is 0 Å². The molecule has 0 spiro atoms. The summed E-state index contributed by atoms with van der Waals surface area (Å²) in [5, 5.41) is 6.65. The maximum Gasteiger partial charge on any atom is 0.227 e. The summed E-state index contributed by atoms with van der Waals surface area (Å²) in [7, 11) is 3.14. The highest BCUT2D eigenvalue weighted by Gasteiger charge is 2.13. The maximum atomic E-state index is 11.4. The van der Waals surface area contributed by atoms with Gasteiger partial charge in [-0.1, -0.05) is 5.16 Å². The molecule has 7 nitrogen and oxygen atoms in total. The van der Waals surface area contributed by atoms with Gasteiger partial charge in [-0.25, -0.2) is 0 Å². The Morgan fingerprint density at radius 3 is 2.73 bits per heavy atom. The van der Waals surface area contributed by atoms with Gasteiger partial charge in [0.1, 0.15) is 0 Å². The second-order valence-electron chi connectivity index (χ2n) is 4.53. The Morgan fingerprint density at radius 1 is 1.27 bits per heavy atom. The molecule has 1 amide bonds. The molecule has 7 heteroatoms. The number of rotatable bonds is 7. The molecule has 1 N–H and O–H groups in total. The highest BCUT2D eigenvalue weighted by Crippen LogP contribution is 2.31. The summed E-state index contributed by atoms with van der Waals surface area (Å²) in [6.45, 7) is 2.49. The molecule has 1 heterocycles. The van der Waals surface area contributed by atoms with E-state index in [-0.39, 0.29) is 5.91 Å². The number of amides is 1. The number of hydrogen-bond acceptors (Lipinski definition) is 6. The van der Waals surface area contributed by atoms with Gasteiger partial charge in [0.25, 0.3) is 0 Å². The highest BCUT2D eigenvalue weighted by atomic mass is 16.5. The molecule has 0 aliphatic carbocycles. The summed E-state index contributed by atoms with van der Waals surface area (Å²) in [5.74, 6) is 2.07. The van der Waals surface area contributed by atoms with Gasteiger partial charge in [-0.3, -0.25) is 4.79 Å². The minimum Gasteiger partial charge on any atom is -0.493 e. The Kier molecular flexibility index (Phi) is 5.35. The van der Waals surface area contributed by atoms with Gasteiger partial charge < -0.3 is 19.3 Å². The number of nitrogens with one attached hydrogen (secondary N) is 1. The van der Waals surface area contributed by atoms with Crippen molar-refractivity contribution in [1.29, 1.82) is 0 Å². The van der Waals surface area contributed by atoms with Crippen molar-refractivity contribution in [1.82, 2.24) is 15.5 Å². The molecule has 2 rings (SSSR count). The first kappa shape index (κ1) is 15.8. The minimum atomic E-state index is -0.0339. The lowest BCUT2D eigenvalue weighted by Gasteiger charge is -2.07. The zero-order valence-corrected chi connectivity index (χ0v) is 12.9. The summed E-state index contributed by atoms with van der Waals surface area (Å²) in [4.78, 5) is 15.7. The van der Waals surface area contributed by atoms with Crippen LogP contribution >= 0.6 is 0 Å². The summed E-state index contributed by atoms with van der Waals surface area (Å²) in [6.07, 6.45) is 0.730. The first-order valence-electron chi connectivity index (χ1n) is 6.99. The van der Waals surface area contributed by atoms with Gasteiger partial charge in [0, 0.05) is 24.9 Å². The molecule has 1 aromatic carbocycles. The van der Waals surface area contributed by atoms with Crippen molar-refractivity contribution in [2.45, 2.75) is 19.8 Å². The summed E-state index contributed by atoms with van der Waals surface area (Å²) >= 11 is 0. The van der Waals surface area contributed by atoms with Crippen molar-refractivity contribution in [2.24, 2.45) is 0 Å². The fourth-order valence-corrected chi connectivity index (χ4v) is 1.95. The third-order valence-electron chi connectivity index (χ3n) is 3.05. The molecule has 0 unspecified atom stereocenters. The normalized spacial score (nSPS) is 10.3. The van der Waals surface area contributed by atoms with E-state index >= 15 is 0 Å². The number of methoxy groups -OCH3 is 2. The lowest BCUT2D eigenvalue weighted by Crippen LogP contribution is -2.22. The number of carbonyl (C=O) groups is 1. The molecule has 0 saturated heterocycles. The topological polar surface area (TPSA) is 86.5 Å². The molecule has 22 heavy (non-hydrogen) atoms. The number of carbonyl (C=O) groups excluding carboxylic acids is 1. The van der Waals surface area contributed by atoms with Gasteiger partial charge in [0.15, 0.2) is 11.5 Å². The predicted molar refractivity (Wildman–Crippen MR) is 79.8 cm³/mol. The van der Waals surface area contributed by atoms with Crippen LogP contribution < -0.4 is 14.8 Å². The largest absolute Gasteiger partial charge is 0.493 e. The Morgan fingerprint density at radius 2 is 2.05 bits per heavy atom. The SMILES string of the molecule is CCNC(=O)CCc1nc(-c2ccc(OC)c(OC)c2)no1. The zero-order valence-electron chi connectivity index (χ0n) is 12.9. The predicted octanol–water partition coefficient (Wildman–Crippen LogP) is 1.82. The van der Waals surface area contributed by atoms with Crippen molar-refractivity contribution in [3.63, 3.8) is 0 Å². The van der Waals surface area contributed by atoms with E-state index < -0.39 is 0 Å². The Balaban J connectivity index is 2.09. The van der Waals surface area contributed by atoms with Gasteiger partial charge in [0.2, 0.25) is 17.6 Å². The fourth-order valence-electron chi connectivity index (χ4n) is 1.95. The molecule has 0 aliphatic heterocycles. The third kappa shape index (κ3) is 3.75. The van der Waals surface area contributed by atoms with Crippen LogP contribution in [0.15, 0.2) is 22.7 Å². The monoisotopic (exact) mass is 305 g/mol. The Hall–Kier alpha value is -2.57. The molecule has 0 atom stereocenters. The van der Waals surface area contributed by atoms with Crippen LogP contribution in [0.4, 0.5) is 0 Å². The van der Waals surface area contributed by atoms with Crippen LogP contribution in [0.5, 0.6) is 11.5 Å². The molecule has 0 radical (unpaired) electrons. The number of benzene rings is 1. The number of aryl methyl sites for hydroxylation is 1. The van der Waals surface area contributed by atoms with Crippen molar-refractivity contribution in [3.05, 3.63) is 24.1 Å². The lowest BCUT2D eigenvalue weighted by atomic mass is 10.2. The number of aromatic nitrogens is 2. The van der Waals surface area contributed by atoms with E-state index in [1.54, 1.807) is 26.4 Å². The van der Waals surface area contributed by atoms with Crippen molar-refractivity contribution < 1.29 is 18.8 Å². The van der Waals surface area contributed by atoms with E-state index in [9.17, 15) is 4.79 Å². The smallest absolute Gasteiger partial charge is 0.227 e. The second-order valence-corrected chi connectivity index (χ2v) is 4.53. The summed E-state index contributed by atoms with van der Waals surface area (Å²) in [6, 6.07) is 5.37. The average molecular weight is 305 g/mol. The van der Waals surface area contributed by atoms with Crippen LogP contribution in [0.2, 0.25) is 0 Å². The van der Waals surface area contributed by atoms with Crippen LogP contribution in [-0.2, 0) is 11.2 Å². The molecule has 118 valence electrons. The minimum absolute atomic E-state index is 0.0339. The van der Waals surface area contributed by atoms with Gasteiger partial charge in [-0.05, 0) is 25.1 Å². The van der Waals surface area contributed by atoms with Crippen molar-refractivity contribution >= 4 is 5.91 Å². The van der Waals surface area contributed by atoms with Crippen molar-refractivity contribution in [2.75, 3.05) is 20.8 Å². The number of hydrogen-bond donors (Lipinski definition) is 1. The van der Waals surface area contributed by atoms with E-state index in [1.807, 2.05) is 13.0 Å². The molecular formula is C15H19N3O4. The van der Waals surface area contributed by atoms with Gasteiger partial charge in [-0.2, -0.15) is 4.98 Å². The van der Waals surface area contributed by atoms with Crippen LogP contribution in [0.25, 0.3) is 11.4 Å². The molecule has 0 bridgehead atoms. The molecule has 0 saturated carbocycles. The van der Waals surface area contributed by atoms with Crippen LogP contribution in [0.3, 0.4) is 0 Å². The number of nitrogens with zero attached hydrogens (tertiary/aromatic N) is 2. The highest BCUT2D eigenvalue weighted by molar-refractivity contribution is 5.75. The van der Waals surface area contributed by atoms with E-state index in [4.69, 9.17) is 14.0 Å². The van der Waals surface area contributed by atoms with E-state index in [0.29, 0.717) is 42.6 Å². The van der Waals surface area contributed by atoms with E-state index in [2.05, 4.69) is 15.5 Å². The van der Waals surface area contributed by atoms with Crippen molar-refractivity contribution in [3.8, 4) is 22.9 Å². The lowest BCUT2D eigenvalue weighted by molar-refractivity contribution is -0.121. The van der Waals surface area contributed by atoms with Gasteiger partial charge >= 0.3 is 0 Å². The average Bonchev–Trinajstić information content (AvgIpc) is 3.01. The molecular weight excluding hydrogens is 286 g/mol. The number of ether oxygens (including phenoxy) is 2. The first-order chi connectivity index (χ1) is 10.7. The van der Waals surface area contributed by atoms with Crippen LogP contribution in [0.1, 0.15) is 19.2 Å². The molecule has 0 fully saturated rings. The summed E-state index contributed by atoms with van der Waals surface area (Å²) in [5.41, 5.74) is 0.755. The molecule has 2 aromatic rings. The second kappa shape index (κ2) is 7.44. The quantitative estimate of drug-likeness (QED) is 0.839. The van der Waals surface area contributed by atoms with Crippen LogP contribution in [0, 0.1) is 0 Å². The van der Waals surface area contributed by atoms with E-state index in [0.717, 1.165) is 5.56 Å². The fraction of sp³-hybridized carbons (Fsp3) is 0.400.